The maximum Gasteiger partial charge on any atom is 0.0474 e. The molecule has 0 amide bonds. The smallest absolute Gasteiger partial charge is 0.0474 e. The molecule has 3 heteroatoms. The molecular weight excluding hydrogens is 140 g/mol. The van der Waals surface area contributed by atoms with Gasteiger partial charge in [-0.15, -0.1) is 0 Å². The molecule has 1 aliphatic rings. The van der Waals surface area contributed by atoms with Gasteiger partial charge in [-0.2, -0.15) is 0 Å². The number of aliphatic hydroxyl groups excluding tert-OH is 1. The zero-order chi connectivity index (χ0) is 8.27. The normalized spacial score (nSPS) is 33.0. The number of nitrogens with two attached hydrogens (primary N) is 1. The number of aliphatic hydroxyl groups is 1. The molecule has 0 aromatic rings. The van der Waals surface area contributed by atoms with Gasteiger partial charge in [0.25, 0.3) is 0 Å². The van der Waals surface area contributed by atoms with Crippen molar-refractivity contribution in [2.24, 2.45) is 17.6 Å². The Morgan fingerprint density at radius 3 is 2.73 bits per heavy atom. The molecule has 0 bridgehead atoms. The lowest BCUT2D eigenvalue weighted by Crippen LogP contribution is -2.27. The van der Waals surface area contributed by atoms with E-state index in [2.05, 4.69) is 11.8 Å². The number of likely N-dealkylation sites (tertiary alicyclic amines) is 1. The molecule has 11 heavy (non-hydrogen) atoms. The van der Waals surface area contributed by atoms with Gasteiger partial charge < -0.3 is 15.7 Å². The van der Waals surface area contributed by atoms with Gasteiger partial charge in [-0.1, -0.05) is 6.92 Å². The second-order valence-corrected chi connectivity index (χ2v) is 3.47. The van der Waals surface area contributed by atoms with Crippen LogP contribution < -0.4 is 5.73 Å². The summed E-state index contributed by atoms with van der Waals surface area (Å²) in [7, 11) is 0. The van der Waals surface area contributed by atoms with Crippen molar-refractivity contribution in [1.82, 2.24) is 4.90 Å². The fourth-order valence-corrected chi connectivity index (χ4v) is 1.75. The Balaban J connectivity index is 2.30. The fourth-order valence-electron chi connectivity index (χ4n) is 1.75. The summed E-state index contributed by atoms with van der Waals surface area (Å²) in [6.07, 6.45) is 0. The van der Waals surface area contributed by atoms with Gasteiger partial charge in [-0.25, -0.2) is 0 Å². The lowest BCUT2D eigenvalue weighted by Gasteiger charge is -2.12. The topological polar surface area (TPSA) is 49.5 Å². The minimum atomic E-state index is 0.322. The van der Waals surface area contributed by atoms with Crippen LogP contribution in [-0.4, -0.2) is 42.8 Å². The van der Waals surface area contributed by atoms with Gasteiger partial charge in [0, 0.05) is 32.8 Å². The Kier molecular flexibility index (Phi) is 3.30. The van der Waals surface area contributed by atoms with Crippen LogP contribution in [0.1, 0.15) is 6.92 Å². The summed E-state index contributed by atoms with van der Waals surface area (Å²) in [5.41, 5.74) is 5.44. The van der Waals surface area contributed by atoms with Crippen LogP contribution in [0.25, 0.3) is 0 Å². The first kappa shape index (κ1) is 8.97. The van der Waals surface area contributed by atoms with E-state index in [1.165, 1.54) is 0 Å². The molecule has 66 valence electrons. The molecular formula is C8H18N2O. The third-order valence-electron chi connectivity index (χ3n) is 2.52. The van der Waals surface area contributed by atoms with Gasteiger partial charge >= 0.3 is 0 Å². The number of rotatable bonds is 3. The van der Waals surface area contributed by atoms with E-state index < -0.39 is 0 Å². The number of hydrogen-bond acceptors (Lipinski definition) is 3. The van der Waals surface area contributed by atoms with Crippen LogP contribution in [0.5, 0.6) is 0 Å². The van der Waals surface area contributed by atoms with Gasteiger partial charge in [-0.05, 0) is 11.8 Å². The SMILES string of the molecule is C[C@@H]1CN(CCN)C[C@@H]1CO. The largest absolute Gasteiger partial charge is 0.396 e. The Hall–Kier alpha value is -0.120. The van der Waals surface area contributed by atoms with E-state index in [0.717, 1.165) is 26.2 Å². The maximum absolute atomic E-state index is 8.96. The second kappa shape index (κ2) is 4.04. The number of nitrogens with zero attached hydrogens (tertiary/aromatic N) is 1. The van der Waals surface area contributed by atoms with Crippen LogP contribution >= 0.6 is 0 Å². The molecule has 0 aromatic carbocycles. The average Bonchev–Trinajstić information content (AvgIpc) is 2.32. The van der Waals surface area contributed by atoms with Crippen molar-refractivity contribution in [2.75, 3.05) is 32.8 Å². The third kappa shape index (κ3) is 2.15. The van der Waals surface area contributed by atoms with Crippen LogP contribution in [0.2, 0.25) is 0 Å². The van der Waals surface area contributed by atoms with Crippen molar-refractivity contribution in [2.45, 2.75) is 6.92 Å². The van der Waals surface area contributed by atoms with E-state index in [4.69, 9.17) is 10.8 Å². The highest BCUT2D eigenvalue weighted by Crippen LogP contribution is 2.21. The zero-order valence-electron chi connectivity index (χ0n) is 7.16. The molecule has 2 atom stereocenters. The highest BCUT2D eigenvalue weighted by atomic mass is 16.3. The summed E-state index contributed by atoms with van der Waals surface area (Å²) in [5.74, 6) is 1.10. The molecule has 1 fully saturated rings. The van der Waals surface area contributed by atoms with Gasteiger partial charge in [0.1, 0.15) is 0 Å². The summed E-state index contributed by atoms with van der Waals surface area (Å²) in [6.45, 7) is 6.34. The van der Waals surface area contributed by atoms with E-state index in [1.54, 1.807) is 0 Å². The van der Waals surface area contributed by atoms with Crippen molar-refractivity contribution in [3.63, 3.8) is 0 Å². The molecule has 0 aliphatic carbocycles. The van der Waals surface area contributed by atoms with Crippen LogP contribution in [-0.2, 0) is 0 Å². The van der Waals surface area contributed by atoms with Crippen molar-refractivity contribution in [1.29, 1.82) is 0 Å². The standard InChI is InChI=1S/C8H18N2O/c1-7-4-10(3-2-9)5-8(7)6-11/h7-8,11H,2-6,9H2,1H3/t7-,8-/m1/s1. The molecule has 1 aliphatic heterocycles. The van der Waals surface area contributed by atoms with E-state index >= 15 is 0 Å². The van der Waals surface area contributed by atoms with E-state index in [0.29, 0.717) is 18.4 Å². The molecule has 0 saturated carbocycles. The van der Waals surface area contributed by atoms with Crippen molar-refractivity contribution in [3.05, 3.63) is 0 Å². The lowest BCUT2D eigenvalue weighted by molar-refractivity contribution is 0.206. The van der Waals surface area contributed by atoms with Crippen molar-refractivity contribution >= 4 is 0 Å². The van der Waals surface area contributed by atoms with Crippen LogP contribution in [0.3, 0.4) is 0 Å². The summed E-state index contributed by atoms with van der Waals surface area (Å²) in [4.78, 5) is 2.32. The summed E-state index contributed by atoms with van der Waals surface area (Å²) >= 11 is 0. The summed E-state index contributed by atoms with van der Waals surface area (Å²) < 4.78 is 0. The average molecular weight is 158 g/mol. The Morgan fingerprint density at radius 1 is 1.55 bits per heavy atom. The molecule has 0 aromatic heterocycles. The van der Waals surface area contributed by atoms with Crippen LogP contribution in [0.15, 0.2) is 0 Å². The number of hydrogen-bond donors (Lipinski definition) is 2. The molecule has 0 spiro atoms. The molecule has 1 saturated heterocycles. The Morgan fingerprint density at radius 2 is 2.27 bits per heavy atom. The predicted molar refractivity (Wildman–Crippen MR) is 45.2 cm³/mol. The molecule has 0 unspecified atom stereocenters. The molecule has 1 rings (SSSR count). The minimum absolute atomic E-state index is 0.322. The zero-order valence-corrected chi connectivity index (χ0v) is 7.16. The van der Waals surface area contributed by atoms with Gasteiger partial charge in [0.05, 0.1) is 0 Å². The first-order valence-corrected chi connectivity index (χ1v) is 4.31. The van der Waals surface area contributed by atoms with Crippen molar-refractivity contribution in [3.8, 4) is 0 Å². The fraction of sp³-hybridized carbons (Fsp3) is 1.00. The Bertz CT molecular complexity index is 119. The molecule has 3 nitrogen and oxygen atoms in total. The van der Waals surface area contributed by atoms with Gasteiger partial charge in [-0.3, -0.25) is 0 Å². The summed E-state index contributed by atoms with van der Waals surface area (Å²) in [6, 6.07) is 0. The predicted octanol–water partition coefficient (Wildman–Crippen LogP) is -0.495. The third-order valence-corrected chi connectivity index (χ3v) is 2.52. The quantitative estimate of drug-likeness (QED) is 0.582. The van der Waals surface area contributed by atoms with E-state index in [-0.39, 0.29) is 0 Å². The lowest BCUT2D eigenvalue weighted by atomic mass is 10.00. The van der Waals surface area contributed by atoms with Crippen LogP contribution in [0, 0.1) is 11.8 Å². The molecule has 0 radical (unpaired) electrons. The van der Waals surface area contributed by atoms with Gasteiger partial charge in [0.15, 0.2) is 0 Å². The summed E-state index contributed by atoms with van der Waals surface area (Å²) in [5, 5.41) is 8.96. The van der Waals surface area contributed by atoms with Crippen LogP contribution in [0.4, 0.5) is 0 Å². The second-order valence-electron chi connectivity index (χ2n) is 3.47. The first-order valence-electron chi connectivity index (χ1n) is 4.31. The highest BCUT2D eigenvalue weighted by molar-refractivity contribution is 4.80. The Labute approximate surface area is 68.2 Å². The minimum Gasteiger partial charge on any atom is -0.396 e. The molecule has 1 heterocycles. The monoisotopic (exact) mass is 158 g/mol. The first-order chi connectivity index (χ1) is 5.27. The molecule has 3 N–H and O–H groups in total. The van der Waals surface area contributed by atoms with E-state index in [9.17, 15) is 0 Å². The van der Waals surface area contributed by atoms with E-state index in [1.807, 2.05) is 0 Å². The van der Waals surface area contributed by atoms with Gasteiger partial charge in [0.2, 0.25) is 0 Å². The maximum atomic E-state index is 8.96. The highest BCUT2D eigenvalue weighted by Gasteiger charge is 2.27. The van der Waals surface area contributed by atoms with Crippen molar-refractivity contribution < 1.29 is 5.11 Å².